The minimum atomic E-state index is -0.116. The van der Waals surface area contributed by atoms with E-state index in [0.29, 0.717) is 39.4 Å². The number of aryl methyl sites for hydroxylation is 3. The van der Waals surface area contributed by atoms with Crippen LogP contribution in [0.4, 0.5) is 0 Å². The normalized spacial score (nSPS) is 19.3. The zero-order valence-electron chi connectivity index (χ0n) is 19.6. The molecule has 2 saturated heterocycles. The van der Waals surface area contributed by atoms with Crippen LogP contribution in [-0.4, -0.2) is 98.1 Å². The van der Waals surface area contributed by atoms with Crippen LogP contribution in [0.1, 0.15) is 29.2 Å². The van der Waals surface area contributed by atoms with Gasteiger partial charge in [0.25, 0.3) is 0 Å². The van der Waals surface area contributed by atoms with E-state index in [2.05, 4.69) is 48.0 Å². The molecule has 31 heavy (non-hydrogen) atoms. The maximum absolute atomic E-state index is 12.7. The summed E-state index contributed by atoms with van der Waals surface area (Å²) >= 11 is 0. The summed E-state index contributed by atoms with van der Waals surface area (Å²) in [6.07, 6.45) is 0.860. The van der Waals surface area contributed by atoms with Gasteiger partial charge in [0, 0.05) is 45.8 Å². The lowest BCUT2D eigenvalue weighted by Gasteiger charge is -2.39. The van der Waals surface area contributed by atoms with Crippen molar-refractivity contribution in [2.24, 2.45) is 0 Å². The Morgan fingerprint density at radius 3 is 2.23 bits per heavy atom. The molecule has 1 aromatic rings. The Balaban J connectivity index is 1.37. The van der Waals surface area contributed by atoms with Crippen LogP contribution in [0.15, 0.2) is 12.1 Å². The Labute approximate surface area is 186 Å². The summed E-state index contributed by atoms with van der Waals surface area (Å²) < 4.78 is 5.34. The number of hydrogen-bond donors (Lipinski definition) is 1. The van der Waals surface area contributed by atoms with E-state index in [1.807, 2.05) is 11.8 Å². The first-order valence-corrected chi connectivity index (χ1v) is 11.5. The summed E-state index contributed by atoms with van der Waals surface area (Å²) in [5.74, 6) is 0.268. The van der Waals surface area contributed by atoms with Gasteiger partial charge in [-0.25, -0.2) is 0 Å². The molecule has 0 bridgehead atoms. The Morgan fingerprint density at radius 1 is 1.00 bits per heavy atom. The predicted molar refractivity (Wildman–Crippen MR) is 122 cm³/mol. The number of hydrogen-bond acceptors (Lipinski definition) is 5. The number of amides is 2. The number of nitrogens with zero attached hydrogens (tertiary/aromatic N) is 3. The molecule has 2 amide bonds. The van der Waals surface area contributed by atoms with Gasteiger partial charge >= 0.3 is 0 Å². The average molecular weight is 431 g/mol. The largest absolute Gasteiger partial charge is 0.378 e. The maximum atomic E-state index is 12.7. The van der Waals surface area contributed by atoms with Crippen molar-refractivity contribution in [2.45, 2.75) is 40.2 Å². The average Bonchev–Trinajstić information content (AvgIpc) is 2.75. The van der Waals surface area contributed by atoms with Crippen LogP contribution in [0.3, 0.4) is 0 Å². The third-order valence-electron chi connectivity index (χ3n) is 6.54. The van der Waals surface area contributed by atoms with Crippen LogP contribution >= 0.6 is 0 Å². The first kappa shape index (κ1) is 23.7. The van der Waals surface area contributed by atoms with Crippen molar-refractivity contribution in [3.05, 3.63) is 34.4 Å². The molecule has 1 atom stereocenters. The van der Waals surface area contributed by atoms with Crippen molar-refractivity contribution in [2.75, 3.05) is 65.6 Å². The first-order valence-electron chi connectivity index (χ1n) is 11.5. The van der Waals surface area contributed by atoms with Crippen LogP contribution in [0.2, 0.25) is 0 Å². The minimum absolute atomic E-state index is 0.0771. The van der Waals surface area contributed by atoms with Gasteiger partial charge in [0.05, 0.1) is 25.8 Å². The molecule has 1 unspecified atom stereocenters. The number of carbonyl (C=O) groups is 2. The standard InChI is InChI=1S/C24H38N4O3/c1-18-15-19(2)22(20(3)16-18)5-6-25-23(29)17-26-7-9-27(10-8-26)21(4)24(30)28-11-13-31-14-12-28/h15-16,21H,5-14,17H2,1-4H3,(H,25,29). The highest BCUT2D eigenvalue weighted by Gasteiger charge is 2.29. The molecule has 0 aliphatic carbocycles. The van der Waals surface area contributed by atoms with Crippen molar-refractivity contribution in [1.82, 2.24) is 20.0 Å². The van der Waals surface area contributed by atoms with Crippen LogP contribution in [-0.2, 0) is 20.7 Å². The third kappa shape index (κ3) is 6.51. The number of nitrogens with one attached hydrogen (secondary N) is 1. The van der Waals surface area contributed by atoms with Gasteiger partial charge in [-0.15, -0.1) is 0 Å². The molecule has 172 valence electrons. The van der Waals surface area contributed by atoms with E-state index >= 15 is 0 Å². The van der Waals surface area contributed by atoms with Gasteiger partial charge in [-0.2, -0.15) is 0 Å². The quantitative estimate of drug-likeness (QED) is 0.703. The van der Waals surface area contributed by atoms with E-state index in [9.17, 15) is 9.59 Å². The summed E-state index contributed by atoms with van der Waals surface area (Å²) in [6, 6.07) is 4.29. The molecule has 2 heterocycles. The second kappa shape index (κ2) is 11.1. The van der Waals surface area contributed by atoms with Crippen LogP contribution < -0.4 is 5.32 Å². The smallest absolute Gasteiger partial charge is 0.239 e. The minimum Gasteiger partial charge on any atom is -0.378 e. The maximum Gasteiger partial charge on any atom is 0.239 e. The summed E-state index contributed by atoms with van der Waals surface area (Å²) in [7, 11) is 0. The molecule has 0 radical (unpaired) electrons. The Hall–Kier alpha value is -1.96. The van der Waals surface area contributed by atoms with E-state index in [-0.39, 0.29) is 17.9 Å². The van der Waals surface area contributed by atoms with Gasteiger partial charge in [0.15, 0.2) is 0 Å². The second-order valence-electron chi connectivity index (χ2n) is 8.90. The van der Waals surface area contributed by atoms with E-state index in [1.165, 1.54) is 22.3 Å². The zero-order chi connectivity index (χ0) is 22.4. The number of ether oxygens (including phenoxy) is 1. The van der Waals surface area contributed by atoms with Gasteiger partial charge < -0.3 is 15.0 Å². The fraction of sp³-hybridized carbons (Fsp3) is 0.667. The van der Waals surface area contributed by atoms with Crippen molar-refractivity contribution in [3.8, 4) is 0 Å². The van der Waals surface area contributed by atoms with Crippen molar-refractivity contribution in [1.29, 1.82) is 0 Å². The van der Waals surface area contributed by atoms with Gasteiger partial charge in [0.1, 0.15) is 0 Å². The summed E-state index contributed by atoms with van der Waals surface area (Å²) in [6.45, 7) is 15.3. The number of carbonyl (C=O) groups excluding carboxylic acids is 2. The van der Waals surface area contributed by atoms with Gasteiger partial charge in [-0.05, 0) is 50.8 Å². The second-order valence-corrected chi connectivity index (χ2v) is 8.90. The molecular formula is C24H38N4O3. The molecule has 0 spiro atoms. The van der Waals surface area contributed by atoms with E-state index < -0.39 is 0 Å². The SMILES string of the molecule is Cc1cc(C)c(CCNC(=O)CN2CCN(C(C)C(=O)N3CCOCC3)CC2)c(C)c1. The Bertz CT molecular complexity index is 745. The fourth-order valence-corrected chi connectivity index (χ4v) is 4.70. The van der Waals surface area contributed by atoms with Gasteiger partial charge in [-0.3, -0.25) is 19.4 Å². The molecule has 2 aliphatic rings. The van der Waals surface area contributed by atoms with Gasteiger partial charge in [-0.1, -0.05) is 17.7 Å². The van der Waals surface area contributed by atoms with Crippen molar-refractivity contribution >= 4 is 11.8 Å². The van der Waals surface area contributed by atoms with Crippen LogP contribution in [0.5, 0.6) is 0 Å². The lowest BCUT2D eigenvalue weighted by atomic mass is 9.97. The van der Waals surface area contributed by atoms with E-state index in [0.717, 1.165) is 32.6 Å². The van der Waals surface area contributed by atoms with Crippen LogP contribution in [0, 0.1) is 20.8 Å². The highest BCUT2D eigenvalue weighted by atomic mass is 16.5. The fourth-order valence-electron chi connectivity index (χ4n) is 4.70. The van der Waals surface area contributed by atoms with Crippen molar-refractivity contribution in [3.63, 3.8) is 0 Å². The summed E-state index contributed by atoms with van der Waals surface area (Å²) in [4.78, 5) is 31.4. The number of benzene rings is 1. The summed E-state index contributed by atoms with van der Waals surface area (Å²) in [5.41, 5.74) is 5.20. The molecule has 2 fully saturated rings. The molecule has 7 nitrogen and oxygen atoms in total. The Kier molecular flexibility index (Phi) is 8.46. The molecule has 7 heteroatoms. The first-order chi connectivity index (χ1) is 14.8. The third-order valence-corrected chi connectivity index (χ3v) is 6.54. The molecule has 1 aromatic carbocycles. The molecule has 0 saturated carbocycles. The molecule has 3 rings (SSSR count). The molecule has 2 aliphatic heterocycles. The summed E-state index contributed by atoms with van der Waals surface area (Å²) in [5, 5.41) is 3.08. The lowest BCUT2D eigenvalue weighted by molar-refractivity contribution is -0.141. The van der Waals surface area contributed by atoms with Gasteiger partial charge in [0.2, 0.25) is 11.8 Å². The van der Waals surface area contributed by atoms with E-state index in [1.54, 1.807) is 0 Å². The molecule has 1 N–H and O–H groups in total. The highest BCUT2D eigenvalue weighted by Crippen LogP contribution is 2.16. The van der Waals surface area contributed by atoms with Crippen molar-refractivity contribution < 1.29 is 14.3 Å². The predicted octanol–water partition coefficient (Wildman–Crippen LogP) is 1.14. The number of rotatable bonds is 7. The topological polar surface area (TPSA) is 65.1 Å². The number of piperazine rings is 1. The van der Waals surface area contributed by atoms with Crippen LogP contribution in [0.25, 0.3) is 0 Å². The lowest BCUT2D eigenvalue weighted by Crippen LogP contribution is -2.56. The Morgan fingerprint density at radius 2 is 1.61 bits per heavy atom. The highest BCUT2D eigenvalue weighted by molar-refractivity contribution is 5.81. The number of morpholine rings is 1. The zero-order valence-corrected chi connectivity index (χ0v) is 19.6. The monoisotopic (exact) mass is 430 g/mol. The molecule has 0 aromatic heterocycles. The van der Waals surface area contributed by atoms with E-state index in [4.69, 9.17) is 4.74 Å². The molecular weight excluding hydrogens is 392 g/mol.